The smallest absolute Gasteiger partial charge is 0.273 e. The SMILES string of the molecule is CC(C)(C)c1cc(C(=O)N[C@@H]2CCCN(c3ccc(C#N)c4[nH]ccc34)C2)no1. The van der Waals surface area contributed by atoms with Crippen LogP contribution < -0.4 is 10.2 Å². The van der Waals surface area contributed by atoms with Crippen LogP contribution in [0.1, 0.15) is 55.4 Å². The number of carbonyl (C=O) groups excluding carboxylic acids is 1. The van der Waals surface area contributed by atoms with E-state index in [4.69, 9.17) is 4.52 Å². The Morgan fingerprint density at radius 2 is 2.21 bits per heavy atom. The van der Waals surface area contributed by atoms with E-state index in [0.717, 1.165) is 36.0 Å². The van der Waals surface area contributed by atoms with Gasteiger partial charge in [0.2, 0.25) is 0 Å². The van der Waals surface area contributed by atoms with Crippen molar-refractivity contribution in [1.82, 2.24) is 15.5 Å². The number of benzene rings is 1. The minimum Gasteiger partial charge on any atom is -0.369 e. The molecule has 1 aromatic carbocycles. The van der Waals surface area contributed by atoms with Crippen molar-refractivity contribution in [2.24, 2.45) is 0 Å². The maximum atomic E-state index is 12.7. The Morgan fingerprint density at radius 1 is 1.38 bits per heavy atom. The first kappa shape index (κ1) is 19.1. The Morgan fingerprint density at radius 3 is 2.93 bits per heavy atom. The van der Waals surface area contributed by atoms with Crippen molar-refractivity contribution >= 4 is 22.5 Å². The van der Waals surface area contributed by atoms with Gasteiger partial charge in [-0.3, -0.25) is 4.79 Å². The standard InChI is InChI=1S/C22H25N5O2/c1-22(2,3)19-11-17(26-29-19)21(28)25-15-5-4-10-27(13-15)18-7-6-14(12-23)20-16(18)8-9-24-20/h6-9,11,15,24H,4-5,10,13H2,1-3H3,(H,25,28)/t15-/m1/s1. The third kappa shape index (κ3) is 3.70. The monoisotopic (exact) mass is 391 g/mol. The Bertz CT molecular complexity index is 1080. The number of hydrogen-bond donors (Lipinski definition) is 2. The molecule has 150 valence electrons. The van der Waals surface area contributed by atoms with E-state index in [1.54, 1.807) is 6.07 Å². The van der Waals surface area contributed by atoms with Crippen LogP contribution in [-0.2, 0) is 5.41 Å². The van der Waals surface area contributed by atoms with Crippen molar-refractivity contribution < 1.29 is 9.32 Å². The maximum Gasteiger partial charge on any atom is 0.273 e. The van der Waals surface area contributed by atoms with E-state index in [9.17, 15) is 10.1 Å². The highest BCUT2D eigenvalue weighted by Crippen LogP contribution is 2.30. The van der Waals surface area contributed by atoms with E-state index >= 15 is 0 Å². The summed E-state index contributed by atoms with van der Waals surface area (Å²) in [5.41, 5.74) is 2.70. The largest absolute Gasteiger partial charge is 0.369 e. The molecule has 3 aromatic rings. The number of nitrogens with zero attached hydrogens (tertiary/aromatic N) is 3. The number of rotatable bonds is 3. The molecule has 2 aromatic heterocycles. The zero-order valence-corrected chi connectivity index (χ0v) is 17.0. The molecule has 0 saturated carbocycles. The van der Waals surface area contributed by atoms with Gasteiger partial charge in [-0.15, -0.1) is 0 Å². The molecule has 0 unspecified atom stereocenters. The van der Waals surface area contributed by atoms with Crippen molar-refractivity contribution in [1.29, 1.82) is 5.26 Å². The summed E-state index contributed by atoms with van der Waals surface area (Å²) in [5, 5.41) is 17.4. The Labute approximate surface area is 169 Å². The second-order valence-corrected chi connectivity index (χ2v) is 8.60. The van der Waals surface area contributed by atoms with Gasteiger partial charge < -0.3 is 19.7 Å². The number of amides is 1. The zero-order valence-electron chi connectivity index (χ0n) is 17.0. The van der Waals surface area contributed by atoms with Gasteiger partial charge in [-0.1, -0.05) is 25.9 Å². The van der Waals surface area contributed by atoms with Crippen LogP contribution in [0.5, 0.6) is 0 Å². The molecule has 0 spiro atoms. The molecule has 3 heterocycles. The minimum atomic E-state index is -0.206. The second-order valence-electron chi connectivity index (χ2n) is 8.60. The first-order chi connectivity index (χ1) is 13.9. The molecule has 1 saturated heterocycles. The average molecular weight is 391 g/mol. The first-order valence-electron chi connectivity index (χ1n) is 9.90. The number of carbonyl (C=O) groups is 1. The van der Waals surface area contributed by atoms with Gasteiger partial charge in [0.05, 0.1) is 11.1 Å². The fourth-order valence-corrected chi connectivity index (χ4v) is 3.82. The summed E-state index contributed by atoms with van der Waals surface area (Å²) in [5.74, 6) is 0.489. The summed E-state index contributed by atoms with van der Waals surface area (Å²) in [6.07, 6.45) is 3.75. The van der Waals surface area contributed by atoms with Gasteiger partial charge in [-0.05, 0) is 31.0 Å². The van der Waals surface area contributed by atoms with E-state index in [0.29, 0.717) is 23.6 Å². The van der Waals surface area contributed by atoms with E-state index in [1.807, 2.05) is 45.2 Å². The van der Waals surface area contributed by atoms with Gasteiger partial charge in [0.25, 0.3) is 5.91 Å². The topological polar surface area (TPSA) is 98.0 Å². The van der Waals surface area contributed by atoms with Gasteiger partial charge in [0.15, 0.2) is 5.69 Å². The number of nitrogens with one attached hydrogen (secondary N) is 2. The number of fused-ring (bicyclic) bond motifs is 1. The van der Waals surface area contributed by atoms with Crippen molar-refractivity contribution in [2.75, 3.05) is 18.0 Å². The normalized spacial score (nSPS) is 17.3. The molecule has 4 rings (SSSR count). The number of anilines is 1. The molecule has 1 atom stereocenters. The van der Waals surface area contributed by atoms with Gasteiger partial charge in [0, 0.05) is 47.9 Å². The highest BCUT2D eigenvalue weighted by molar-refractivity contribution is 5.96. The third-order valence-corrected chi connectivity index (χ3v) is 5.40. The van der Waals surface area contributed by atoms with Crippen LogP contribution in [0.25, 0.3) is 10.9 Å². The molecule has 1 fully saturated rings. The lowest BCUT2D eigenvalue weighted by Gasteiger charge is -2.35. The Hall–Kier alpha value is -3.27. The molecule has 0 bridgehead atoms. The summed E-state index contributed by atoms with van der Waals surface area (Å²) in [7, 11) is 0. The molecule has 1 aliphatic heterocycles. The number of H-pyrrole nitrogens is 1. The molecule has 0 aliphatic carbocycles. The van der Waals surface area contributed by atoms with E-state index in [1.165, 1.54) is 0 Å². The van der Waals surface area contributed by atoms with Gasteiger partial charge in [-0.25, -0.2) is 0 Å². The van der Waals surface area contributed by atoms with E-state index < -0.39 is 0 Å². The van der Waals surface area contributed by atoms with Gasteiger partial charge >= 0.3 is 0 Å². The Balaban J connectivity index is 1.49. The summed E-state index contributed by atoms with van der Waals surface area (Å²) < 4.78 is 5.34. The van der Waals surface area contributed by atoms with Crippen LogP contribution >= 0.6 is 0 Å². The van der Waals surface area contributed by atoms with Crippen LogP contribution in [0.3, 0.4) is 0 Å². The van der Waals surface area contributed by atoms with E-state index in [-0.39, 0.29) is 17.4 Å². The molecule has 29 heavy (non-hydrogen) atoms. The number of aromatic amines is 1. The van der Waals surface area contributed by atoms with Crippen LogP contribution in [0, 0.1) is 11.3 Å². The van der Waals surface area contributed by atoms with Crippen LogP contribution in [0.2, 0.25) is 0 Å². The molecular weight excluding hydrogens is 366 g/mol. The molecular formula is C22H25N5O2. The summed E-state index contributed by atoms with van der Waals surface area (Å²) in [4.78, 5) is 18.1. The van der Waals surface area contributed by atoms with Crippen LogP contribution in [0.4, 0.5) is 5.69 Å². The first-order valence-corrected chi connectivity index (χ1v) is 9.90. The maximum absolute atomic E-state index is 12.7. The zero-order chi connectivity index (χ0) is 20.6. The quantitative estimate of drug-likeness (QED) is 0.709. The number of nitriles is 1. The number of hydrogen-bond acceptors (Lipinski definition) is 5. The third-order valence-electron chi connectivity index (χ3n) is 5.40. The predicted octanol–water partition coefficient (Wildman–Crippen LogP) is 3.72. The fraction of sp³-hybridized carbons (Fsp3) is 0.409. The van der Waals surface area contributed by atoms with Gasteiger partial charge in [-0.2, -0.15) is 5.26 Å². The lowest BCUT2D eigenvalue weighted by molar-refractivity contribution is 0.0923. The molecule has 1 amide bonds. The average Bonchev–Trinajstić information content (AvgIpc) is 3.37. The predicted molar refractivity (Wildman–Crippen MR) is 111 cm³/mol. The number of piperidine rings is 1. The van der Waals surface area contributed by atoms with Gasteiger partial charge in [0.1, 0.15) is 11.8 Å². The van der Waals surface area contributed by atoms with Crippen molar-refractivity contribution in [3.05, 3.63) is 47.5 Å². The minimum absolute atomic E-state index is 0.0238. The summed E-state index contributed by atoms with van der Waals surface area (Å²) in [6.45, 7) is 7.69. The van der Waals surface area contributed by atoms with Crippen molar-refractivity contribution in [3.63, 3.8) is 0 Å². The lowest BCUT2D eigenvalue weighted by Crippen LogP contribution is -2.48. The molecule has 7 heteroatoms. The van der Waals surface area contributed by atoms with Crippen LogP contribution in [0.15, 0.2) is 35.0 Å². The van der Waals surface area contributed by atoms with Crippen molar-refractivity contribution in [2.45, 2.75) is 45.1 Å². The second kappa shape index (κ2) is 7.28. The number of aromatic nitrogens is 2. The lowest BCUT2D eigenvalue weighted by atomic mass is 9.93. The Kier molecular flexibility index (Phi) is 4.79. The molecule has 1 aliphatic rings. The molecule has 0 radical (unpaired) electrons. The summed E-state index contributed by atoms with van der Waals surface area (Å²) in [6, 6.07) is 9.81. The molecule has 2 N–H and O–H groups in total. The highest BCUT2D eigenvalue weighted by atomic mass is 16.5. The highest BCUT2D eigenvalue weighted by Gasteiger charge is 2.26. The van der Waals surface area contributed by atoms with Crippen LogP contribution in [-0.4, -0.2) is 35.2 Å². The van der Waals surface area contributed by atoms with E-state index in [2.05, 4.69) is 26.4 Å². The summed E-state index contributed by atoms with van der Waals surface area (Å²) >= 11 is 0. The molecule has 7 nitrogen and oxygen atoms in total. The fourth-order valence-electron chi connectivity index (χ4n) is 3.82. The van der Waals surface area contributed by atoms with Crippen molar-refractivity contribution in [3.8, 4) is 6.07 Å².